The first-order valence-electron chi connectivity index (χ1n) is 9.43. The summed E-state index contributed by atoms with van der Waals surface area (Å²) in [6.45, 7) is 4.97. The molecule has 0 fully saturated rings. The average Bonchev–Trinajstić information content (AvgIpc) is 3.12. The lowest BCUT2D eigenvalue weighted by Crippen LogP contribution is -2.32. The number of anilines is 2. The quantitative estimate of drug-likeness (QED) is 0.476. The van der Waals surface area contributed by atoms with Crippen molar-refractivity contribution in [3.8, 4) is 5.75 Å². The summed E-state index contributed by atoms with van der Waals surface area (Å²) in [6.07, 6.45) is 4.82. The predicted octanol–water partition coefficient (Wildman–Crippen LogP) is 3.64. The maximum atomic E-state index is 13.2. The minimum atomic E-state index is -0.540. The molecule has 1 atom stereocenters. The first kappa shape index (κ1) is 19.7. The number of nitrogens with zero attached hydrogens (tertiary/aromatic N) is 3. The monoisotopic (exact) mass is 385 g/mol. The number of hydrogen-bond acceptors (Lipinski definition) is 6. The molecule has 3 N–H and O–H groups in total. The van der Waals surface area contributed by atoms with Gasteiger partial charge in [-0.2, -0.15) is 0 Å². The van der Waals surface area contributed by atoms with Crippen molar-refractivity contribution in [3.63, 3.8) is 0 Å². The van der Waals surface area contributed by atoms with Gasteiger partial charge in [-0.1, -0.05) is 20.3 Å². The van der Waals surface area contributed by atoms with Crippen LogP contribution in [0.1, 0.15) is 38.8 Å². The molecular formula is C20H24FN5O2. The molecule has 0 bridgehead atoms. The smallest absolute Gasteiger partial charge is 0.266 e. The average molecular weight is 385 g/mol. The normalized spacial score (nSPS) is 13.6. The predicted molar refractivity (Wildman–Crippen MR) is 106 cm³/mol. The second-order valence-electron chi connectivity index (χ2n) is 6.95. The van der Waals surface area contributed by atoms with E-state index in [0.717, 1.165) is 25.3 Å². The molecule has 2 heterocycles. The van der Waals surface area contributed by atoms with Gasteiger partial charge >= 0.3 is 0 Å². The molecule has 1 aromatic carbocycles. The third kappa shape index (κ3) is 4.62. The first-order valence-corrected chi connectivity index (χ1v) is 9.43. The van der Waals surface area contributed by atoms with E-state index in [4.69, 9.17) is 0 Å². The van der Waals surface area contributed by atoms with Crippen molar-refractivity contribution in [3.05, 3.63) is 36.0 Å². The lowest BCUT2D eigenvalue weighted by molar-refractivity contribution is -0.114. The van der Waals surface area contributed by atoms with E-state index in [2.05, 4.69) is 39.4 Å². The van der Waals surface area contributed by atoms with Crippen LogP contribution in [0.4, 0.5) is 21.6 Å². The van der Waals surface area contributed by atoms with Crippen LogP contribution >= 0.6 is 0 Å². The molecule has 7 nitrogen and oxygen atoms in total. The Morgan fingerprint density at radius 3 is 2.93 bits per heavy atom. The maximum Gasteiger partial charge on any atom is 0.266 e. The SMILES string of the molecule is CCC(C)CCCNC(=O)C1=Nc2c(ncnc2Nc2ccc(F)cc2O)C1. The number of phenolic OH excluding ortho intramolecular Hbond substituents is 1. The highest BCUT2D eigenvalue weighted by molar-refractivity contribution is 6.41. The molecule has 1 aliphatic heterocycles. The number of aromatic nitrogens is 2. The van der Waals surface area contributed by atoms with Crippen LogP contribution in [0, 0.1) is 11.7 Å². The third-order valence-corrected chi connectivity index (χ3v) is 4.81. The van der Waals surface area contributed by atoms with Gasteiger partial charge in [0.1, 0.15) is 29.3 Å². The van der Waals surface area contributed by atoms with Crippen molar-refractivity contribution in [2.45, 2.75) is 39.5 Å². The van der Waals surface area contributed by atoms with Crippen LogP contribution in [0.3, 0.4) is 0 Å². The molecule has 28 heavy (non-hydrogen) atoms. The molecule has 0 saturated heterocycles. The summed E-state index contributed by atoms with van der Waals surface area (Å²) in [6, 6.07) is 3.64. The minimum absolute atomic E-state index is 0.210. The van der Waals surface area contributed by atoms with Crippen LogP contribution in [0.2, 0.25) is 0 Å². The van der Waals surface area contributed by atoms with Crippen molar-refractivity contribution >= 4 is 28.8 Å². The maximum absolute atomic E-state index is 13.2. The first-order chi connectivity index (χ1) is 13.5. The number of fused-ring (bicyclic) bond motifs is 1. The Kier molecular flexibility index (Phi) is 6.18. The Hall–Kier alpha value is -3.03. The zero-order chi connectivity index (χ0) is 20.1. The summed E-state index contributed by atoms with van der Waals surface area (Å²) in [4.78, 5) is 25.1. The molecular weight excluding hydrogens is 361 g/mol. The van der Waals surface area contributed by atoms with E-state index < -0.39 is 5.82 Å². The molecule has 8 heteroatoms. The summed E-state index contributed by atoms with van der Waals surface area (Å²) in [5, 5.41) is 15.7. The second-order valence-corrected chi connectivity index (χ2v) is 6.95. The van der Waals surface area contributed by atoms with Gasteiger partial charge < -0.3 is 15.7 Å². The van der Waals surface area contributed by atoms with Crippen molar-refractivity contribution in [1.29, 1.82) is 0 Å². The van der Waals surface area contributed by atoms with Crippen LogP contribution in [0.25, 0.3) is 0 Å². The molecule has 0 saturated carbocycles. The number of carbonyl (C=O) groups excluding carboxylic acids is 1. The van der Waals surface area contributed by atoms with Crippen LogP contribution < -0.4 is 10.6 Å². The number of amides is 1. The van der Waals surface area contributed by atoms with E-state index in [1.807, 2.05) is 0 Å². The number of phenols is 1. The van der Waals surface area contributed by atoms with Gasteiger partial charge in [-0.05, 0) is 30.9 Å². The van der Waals surface area contributed by atoms with E-state index in [1.54, 1.807) is 0 Å². The number of benzene rings is 1. The number of carbonyl (C=O) groups is 1. The summed E-state index contributed by atoms with van der Waals surface area (Å²) in [5.74, 6) is 0.0101. The molecule has 1 aromatic heterocycles. The van der Waals surface area contributed by atoms with Gasteiger partial charge in [-0.25, -0.2) is 19.4 Å². The zero-order valence-electron chi connectivity index (χ0n) is 16.0. The second kappa shape index (κ2) is 8.77. The van der Waals surface area contributed by atoms with E-state index >= 15 is 0 Å². The molecule has 148 valence electrons. The van der Waals surface area contributed by atoms with Gasteiger partial charge in [0.2, 0.25) is 0 Å². The van der Waals surface area contributed by atoms with Crippen molar-refractivity contribution in [2.24, 2.45) is 10.9 Å². The van der Waals surface area contributed by atoms with E-state index in [0.29, 0.717) is 47.5 Å². The molecule has 0 radical (unpaired) electrons. The summed E-state index contributed by atoms with van der Waals surface area (Å²) in [5.41, 5.74) is 1.76. The van der Waals surface area contributed by atoms with Gasteiger partial charge in [-0.15, -0.1) is 0 Å². The highest BCUT2D eigenvalue weighted by Crippen LogP contribution is 2.35. The highest BCUT2D eigenvalue weighted by Gasteiger charge is 2.25. The minimum Gasteiger partial charge on any atom is -0.506 e. The highest BCUT2D eigenvalue weighted by atomic mass is 19.1. The molecule has 1 amide bonds. The standard InChI is InChI=1S/C20H24FN5O2/c1-3-12(2)5-4-8-22-20(28)16-10-15-18(25-16)19(24-11-23-15)26-14-7-6-13(21)9-17(14)27/h6-7,9,11-12,27H,3-5,8,10H2,1-2H3,(H,22,28)(H,23,24,26). The zero-order valence-corrected chi connectivity index (χ0v) is 16.0. The Morgan fingerprint density at radius 1 is 1.36 bits per heavy atom. The molecule has 3 rings (SSSR count). The van der Waals surface area contributed by atoms with Gasteiger partial charge in [0, 0.05) is 19.0 Å². The summed E-state index contributed by atoms with van der Waals surface area (Å²) < 4.78 is 13.2. The summed E-state index contributed by atoms with van der Waals surface area (Å²) in [7, 11) is 0. The molecule has 0 aliphatic carbocycles. The Balaban J connectivity index is 1.67. The van der Waals surface area contributed by atoms with Crippen molar-refractivity contribution < 1.29 is 14.3 Å². The van der Waals surface area contributed by atoms with Gasteiger partial charge in [-0.3, -0.25) is 4.79 Å². The Labute approximate surface area is 163 Å². The fourth-order valence-electron chi connectivity index (χ4n) is 2.91. The number of rotatable bonds is 8. The van der Waals surface area contributed by atoms with Gasteiger partial charge in [0.05, 0.1) is 11.4 Å². The topological polar surface area (TPSA) is 99.5 Å². The molecule has 0 spiro atoms. The van der Waals surface area contributed by atoms with Crippen molar-refractivity contribution in [1.82, 2.24) is 15.3 Å². The summed E-state index contributed by atoms with van der Waals surface area (Å²) >= 11 is 0. The Bertz CT molecular complexity index is 900. The van der Waals surface area contributed by atoms with Gasteiger partial charge in [0.15, 0.2) is 5.82 Å². The Morgan fingerprint density at radius 2 is 2.18 bits per heavy atom. The van der Waals surface area contributed by atoms with E-state index in [9.17, 15) is 14.3 Å². The van der Waals surface area contributed by atoms with Crippen LogP contribution in [-0.4, -0.2) is 33.2 Å². The van der Waals surface area contributed by atoms with E-state index in [-0.39, 0.29) is 11.7 Å². The number of aromatic hydroxyl groups is 1. The van der Waals surface area contributed by atoms with Crippen LogP contribution in [-0.2, 0) is 11.2 Å². The number of hydrogen-bond donors (Lipinski definition) is 3. The number of halogens is 1. The fourth-order valence-corrected chi connectivity index (χ4v) is 2.91. The van der Waals surface area contributed by atoms with Crippen molar-refractivity contribution in [2.75, 3.05) is 11.9 Å². The van der Waals surface area contributed by atoms with Crippen LogP contribution in [0.5, 0.6) is 5.75 Å². The largest absolute Gasteiger partial charge is 0.506 e. The lowest BCUT2D eigenvalue weighted by atomic mass is 10.0. The number of aliphatic imine (C=N–C) groups is 1. The molecule has 2 aromatic rings. The molecule has 1 unspecified atom stereocenters. The third-order valence-electron chi connectivity index (χ3n) is 4.81. The van der Waals surface area contributed by atoms with E-state index in [1.165, 1.54) is 18.5 Å². The fraction of sp³-hybridized carbons (Fsp3) is 0.400. The van der Waals surface area contributed by atoms with Crippen LogP contribution in [0.15, 0.2) is 29.5 Å². The molecule has 1 aliphatic rings. The van der Waals surface area contributed by atoms with Gasteiger partial charge in [0.25, 0.3) is 5.91 Å². The lowest BCUT2D eigenvalue weighted by Gasteiger charge is -2.09. The number of nitrogens with one attached hydrogen (secondary N) is 2.